The summed E-state index contributed by atoms with van der Waals surface area (Å²) in [6.45, 7) is 10.0. The fourth-order valence-electron chi connectivity index (χ4n) is 7.00. The third-order valence-corrected chi connectivity index (χ3v) is 8.81. The first-order valence-corrected chi connectivity index (χ1v) is 11.6. The summed E-state index contributed by atoms with van der Waals surface area (Å²) in [5, 5.41) is 12.1. The third kappa shape index (κ3) is 2.85. The van der Waals surface area contributed by atoms with Crippen LogP contribution < -0.4 is 0 Å². The molecule has 3 heterocycles. The lowest BCUT2D eigenvalue weighted by Gasteiger charge is -2.53. The van der Waals surface area contributed by atoms with Gasteiger partial charge in [-0.1, -0.05) is 12.5 Å². The fourth-order valence-corrected chi connectivity index (χ4v) is 7.00. The van der Waals surface area contributed by atoms with Gasteiger partial charge in [-0.2, -0.15) is 0 Å². The standard InChI is InChI=1S/C24H32O9/c1-11-7-8-14(29-12(2)25)21(4)15(30-13(3)26)10-16-22(5,32-16)18(21)19(27)24-17(9-11)31-20(28)23(24,6)33-24/h9,14-19,27H,7-8,10H2,1-6H3/b11-9-/t14-,15-,16-,17-,18?,19+,21-,22-,23-,24-/m0/s1. The molecule has 9 nitrogen and oxygen atoms in total. The first-order chi connectivity index (χ1) is 15.3. The van der Waals surface area contributed by atoms with Gasteiger partial charge in [0.15, 0.2) is 17.3 Å². The number of aliphatic hydroxyl groups is 1. The minimum atomic E-state index is -1.30. The molecule has 5 aliphatic rings. The van der Waals surface area contributed by atoms with E-state index >= 15 is 0 Å². The normalized spacial score (nSPS) is 53.7. The van der Waals surface area contributed by atoms with Crippen LogP contribution in [0.15, 0.2) is 11.6 Å². The van der Waals surface area contributed by atoms with E-state index in [1.165, 1.54) is 13.8 Å². The van der Waals surface area contributed by atoms with Crippen molar-refractivity contribution in [1.29, 1.82) is 0 Å². The summed E-state index contributed by atoms with van der Waals surface area (Å²) < 4.78 is 29.4. The highest BCUT2D eigenvalue weighted by Gasteiger charge is 2.88. The molecule has 182 valence electrons. The Morgan fingerprint density at radius 3 is 2.36 bits per heavy atom. The molecule has 0 radical (unpaired) electrons. The van der Waals surface area contributed by atoms with E-state index in [-0.39, 0.29) is 6.10 Å². The maximum absolute atomic E-state index is 12.7. The van der Waals surface area contributed by atoms with Crippen LogP contribution in [0.25, 0.3) is 0 Å². The Hall–Kier alpha value is -1.97. The summed E-state index contributed by atoms with van der Waals surface area (Å²) in [7, 11) is 0. The molecule has 0 aromatic heterocycles. The van der Waals surface area contributed by atoms with E-state index in [2.05, 4.69) is 0 Å². The van der Waals surface area contributed by atoms with Gasteiger partial charge >= 0.3 is 17.9 Å². The minimum absolute atomic E-state index is 0.245. The molecule has 4 fully saturated rings. The topological polar surface area (TPSA) is 124 Å². The van der Waals surface area contributed by atoms with Crippen LogP contribution in [0.4, 0.5) is 0 Å². The van der Waals surface area contributed by atoms with Crippen molar-refractivity contribution in [2.75, 3.05) is 0 Å². The molecular formula is C24H32O9. The number of hydrogen-bond acceptors (Lipinski definition) is 9. The number of aliphatic hydroxyl groups excluding tert-OH is 1. The molecule has 1 spiro atoms. The van der Waals surface area contributed by atoms with Gasteiger partial charge in [0.05, 0.1) is 17.8 Å². The lowest BCUT2D eigenvalue weighted by Crippen LogP contribution is -2.65. The van der Waals surface area contributed by atoms with Crippen molar-refractivity contribution in [1.82, 2.24) is 0 Å². The zero-order chi connectivity index (χ0) is 24.1. The van der Waals surface area contributed by atoms with Gasteiger partial charge in [0.25, 0.3) is 0 Å². The monoisotopic (exact) mass is 464 g/mol. The molecule has 0 aromatic rings. The Labute approximate surface area is 192 Å². The Balaban J connectivity index is 1.69. The number of allylic oxidation sites excluding steroid dienone is 1. The van der Waals surface area contributed by atoms with Gasteiger partial charge in [-0.15, -0.1) is 0 Å². The quantitative estimate of drug-likeness (QED) is 0.281. The summed E-state index contributed by atoms with van der Waals surface area (Å²) in [5.41, 5.74) is -3.44. The fraction of sp³-hybridized carbons (Fsp3) is 0.792. The molecule has 3 aliphatic heterocycles. The number of ether oxygens (including phenoxy) is 5. The second-order valence-corrected chi connectivity index (χ2v) is 10.8. The van der Waals surface area contributed by atoms with Crippen LogP contribution in [0, 0.1) is 11.3 Å². The molecule has 10 atom stereocenters. The number of hydrogen-bond donors (Lipinski definition) is 1. The second-order valence-electron chi connectivity index (χ2n) is 10.8. The summed E-state index contributed by atoms with van der Waals surface area (Å²) in [6, 6.07) is 0. The van der Waals surface area contributed by atoms with Crippen molar-refractivity contribution in [2.45, 2.75) is 108 Å². The Bertz CT molecular complexity index is 960. The van der Waals surface area contributed by atoms with Crippen molar-refractivity contribution in [3.05, 3.63) is 11.6 Å². The van der Waals surface area contributed by atoms with Crippen molar-refractivity contribution >= 4 is 17.9 Å². The highest BCUT2D eigenvalue weighted by Crippen LogP contribution is 2.68. The molecule has 0 aromatic carbocycles. The average Bonchev–Trinajstić information content (AvgIpc) is 3.53. The smallest absolute Gasteiger partial charge is 0.342 e. The predicted octanol–water partition coefficient (Wildman–Crippen LogP) is 1.59. The number of esters is 3. The van der Waals surface area contributed by atoms with Crippen molar-refractivity contribution < 1.29 is 43.2 Å². The van der Waals surface area contributed by atoms with Gasteiger partial charge in [0.2, 0.25) is 0 Å². The zero-order valence-electron chi connectivity index (χ0n) is 19.9. The molecule has 3 saturated heterocycles. The average molecular weight is 465 g/mol. The Morgan fingerprint density at radius 1 is 1.12 bits per heavy atom. The van der Waals surface area contributed by atoms with Crippen LogP contribution >= 0.6 is 0 Å². The molecule has 1 saturated carbocycles. The van der Waals surface area contributed by atoms with Crippen molar-refractivity contribution in [3.63, 3.8) is 0 Å². The van der Waals surface area contributed by atoms with E-state index in [4.69, 9.17) is 23.7 Å². The first-order valence-electron chi connectivity index (χ1n) is 11.6. The number of carbonyl (C=O) groups excluding carboxylic acids is 3. The summed E-state index contributed by atoms with van der Waals surface area (Å²) in [4.78, 5) is 37.0. The van der Waals surface area contributed by atoms with Gasteiger partial charge < -0.3 is 28.8 Å². The molecule has 33 heavy (non-hydrogen) atoms. The van der Waals surface area contributed by atoms with Crippen LogP contribution in [-0.4, -0.2) is 70.3 Å². The molecule has 9 heteroatoms. The molecule has 5 rings (SSSR count). The zero-order valence-corrected chi connectivity index (χ0v) is 19.9. The number of fused-ring (bicyclic) bond motifs is 3. The lowest BCUT2D eigenvalue weighted by atomic mass is 9.54. The largest absolute Gasteiger partial charge is 0.462 e. The highest BCUT2D eigenvalue weighted by atomic mass is 16.7. The number of epoxide rings is 2. The molecule has 1 N–H and O–H groups in total. The van der Waals surface area contributed by atoms with Crippen LogP contribution in [0.2, 0.25) is 0 Å². The Kier molecular flexibility index (Phi) is 4.70. The predicted molar refractivity (Wildman–Crippen MR) is 112 cm³/mol. The molecule has 2 aliphatic carbocycles. The maximum atomic E-state index is 12.7. The summed E-state index contributed by atoms with van der Waals surface area (Å²) >= 11 is 0. The van der Waals surface area contributed by atoms with E-state index in [0.29, 0.717) is 19.3 Å². The highest BCUT2D eigenvalue weighted by molar-refractivity contribution is 5.89. The second kappa shape index (κ2) is 6.79. The molecule has 0 amide bonds. The van der Waals surface area contributed by atoms with Gasteiger partial charge in [0, 0.05) is 31.6 Å². The van der Waals surface area contributed by atoms with Crippen molar-refractivity contribution in [3.8, 4) is 0 Å². The minimum Gasteiger partial charge on any atom is -0.462 e. The van der Waals surface area contributed by atoms with E-state index in [1.54, 1.807) is 6.92 Å². The van der Waals surface area contributed by atoms with Gasteiger partial charge in [-0.25, -0.2) is 4.79 Å². The third-order valence-electron chi connectivity index (χ3n) is 8.81. The van der Waals surface area contributed by atoms with Crippen LogP contribution in [0.5, 0.6) is 0 Å². The van der Waals surface area contributed by atoms with Crippen molar-refractivity contribution in [2.24, 2.45) is 11.3 Å². The molecule has 1 unspecified atom stereocenters. The summed E-state index contributed by atoms with van der Waals surface area (Å²) in [5.74, 6) is -2.10. The number of carbonyl (C=O) groups is 3. The first kappa shape index (κ1) is 22.8. The van der Waals surface area contributed by atoms with Crippen LogP contribution in [0.3, 0.4) is 0 Å². The van der Waals surface area contributed by atoms with Gasteiger partial charge in [-0.3, -0.25) is 9.59 Å². The molecular weight excluding hydrogens is 432 g/mol. The van der Waals surface area contributed by atoms with E-state index in [1.807, 2.05) is 26.8 Å². The summed E-state index contributed by atoms with van der Waals surface area (Å²) in [6.07, 6.45) is -0.283. The number of rotatable bonds is 2. The molecule has 0 bridgehead atoms. The van der Waals surface area contributed by atoms with Crippen LogP contribution in [0.1, 0.15) is 60.8 Å². The lowest BCUT2D eigenvalue weighted by molar-refractivity contribution is -0.205. The van der Waals surface area contributed by atoms with Crippen LogP contribution in [-0.2, 0) is 38.1 Å². The Morgan fingerprint density at radius 2 is 1.76 bits per heavy atom. The van der Waals surface area contributed by atoms with Gasteiger partial charge in [-0.05, 0) is 39.7 Å². The van der Waals surface area contributed by atoms with E-state index < -0.39 is 70.5 Å². The van der Waals surface area contributed by atoms with E-state index in [9.17, 15) is 19.5 Å². The van der Waals surface area contributed by atoms with Gasteiger partial charge in [0.1, 0.15) is 12.2 Å². The SMILES string of the molecule is CC(=O)O[C@H]1CC/C(C)=C\[C@@H]2OC(=O)[C@]3(C)O[C@]23[C@H](O)C2[C@]1(C)[C@@H](OC(C)=O)C[C@@H]1O[C@]21C. The maximum Gasteiger partial charge on any atom is 0.342 e. The van der Waals surface area contributed by atoms with E-state index in [0.717, 1.165) is 5.57 Å².